The van der Waals surface area contributed by atoms with Gasteiger partial charge in [-0.15, -0.1) is 11.3 Å². The second-order valence-electron chi connectivity index (χ2n) is 6.62. The van der Waals surface area contributed by atoms with Crippen molar-refractivity contribution in [3.05, 3.63) is 40.1 Å². The van der Waals surface area contributed by atoms with Crippen molar-refractivity contribution in [2.24, 2.45) is 5.92 Å². The summed E-state index contributed by atoms with van der Waals surface area (Å²) in [6, 6.07) is 2.59. The van der Waals surface area contributed by atoms with Crippen LogP contribution in [0.5, 0.6) is 17.2 Å². The molecule has 2 amide bonds. The summed E-state index contributed by atoms with van der Waals surface area (Å²) in [5.74, 6) is -2.78. The van der Waals surface area contributed by atoms with Crippen molar-refractivity contribution in [1.82, 2.24) is 10.6 Å². The van der Waals surface area contributed by atoms with Gasteiger partial charge < -0.3 is 30.0 Å². The zero-order valence-electron chi connectivity index (χ0n) is 16.6. The van der Waals surface area contributed by atoms with Crippen LogP contribution in [0.15, 0.2) is 29.6 Å². The third-order valence-corrected chi connectivity index (χ3v) is 5.78. The van der Waals surface area contributed by atoms with E-state index in [0.29, 0.717) is 0 Å². The minimum Gasteiger partial charge on any atom is -0.493 e. The number of ketones is 1. The molecule has 2 heterocycles. The Bertz CT molecular complexity index is 957. The van der Waals surface area contributed by atoms with Crippen LogP contribution in [0.3, 0.4) is 0 Å². The van der Waals surface area contributed by atoms with Gasteiger partial charge in [0.05, 0.1) is 32.2 Å². The van der Waals surface area contributed by atoms with Crippen LogP contribution in [0.4, 0.5) is 18.0 Å². The van der Waals surface area contributed by atoms with Gasteiger partial charge in [-0.1, -0.05) is 6.07 Å². The Kier molecular flexibility index (Phi) is 6.05. The van der Waals surface area contributed by atoms with Gasteiger partial charge in [0, 0.05) is 0 Å². The average molecular weight is 460 g/mol. The molecule has 0 bridgehead atoms. The van der Waals surface area contributed by atoms with Gasteiger partial charge in [-0.25, -0.2) is 4.79 Å². The maximum Gasteiger partial charge on any atom is 0.437 e. The van der Waals surface area contributed by atoms with E-state index < -0.39 is 35.7 Å². The van der Waals surface area contributed by atoms with E-state index >= 15 is 0 Å². The number of amides is 2. The van der Waals surface area contributed by atoms with Gasteiger partial charge in [0.2, 0.25) is 11.5 Å². The zero-order valence-corrected chi connectivity index (χ0v) is 17.4. The highest BCUT2D eigenvalue weighted by Crippen LogP contribution is 2.47. The number of hydrogen-bond acceptors (Lipinski definition) is 7. The molecule has 31 heavy (non-hydrogen) atoms. The summed E-state index contributed by atoms with van der Waals surface area (Å²) >= 11 is 0.918. The summed E-state index contributed by atoms with van der Waals surface area (Å²) in [4.78, 5) is 25.2. The van der Waals surface area contributed by atoms with Gasteiger partial charge in [0.1, 0.15) is 5.92 Å². The highest BCUT2D eigenvalue weighted by Gasteiger charge is 2.66. The second kappa shape index (κ2) is 8.27. The van der Waals surface area contributed by atoms with E-state index in [1.165, 1.54) is 56.3 Å². The summed E-state index contributed by atoms with van der Waals surface area (Å²) in [6.07, 6.45) is -5.35. The molecule has 1 saturated heterocycles. The fraction of sp³-hybridized carbons (Fsp3) is 0.368. The molecule has 12 heteroatoms. The molecule has 0 saturated carbocycles. The second-order valence-corrected chi connectivity index (χ2v) is 7.57. The van der Waals surface area contributed by atoms with Gasteiger partial charge >= 0.3 is 12.2 Å². The third-order valence-electron chi connectivity index (χ3n) is 4.90. The quantitative estimate of drug-likeness (QED) is 0.573. The van der Waals surface area contributed by atoms with Gasteiger partial charge in [-0.2, -0.15) is 13.2 Å². The largest absolute Gasteiger partial charge is 0.493 e. The molecule has 1 aromatic carbocycles. The van der Waals surface area contributed by atoms with E-state index in [0.717, 1.165) is 11.3 Å². The number of alkyl halides is 3. The van der Waals surface area contributed by atoms with Crippen molar-refractivity contribution < 1.29 is 42.1 Å². The number of nitrogens with one attached hydrogen (secondary N) is 2. The van der Waals surface area contributed by atoms with Crippen LogP contribution in [0.2, 0.25) is 0 Å². The number of Topliss-reactive ketones (excluding diaryl/α,β-unsaturated/α-hetero) is 1. The predicted molar refractivity (Wildman–Crippen MR) is 104 cm³/mol. The van der Waals surface area contributed by atoms with Crippen LogP contribution in [0, 0.1) is 5.92 Å². The van der Waals surface area contributed by atoms with E-state index in [9.17, 15) is 27.9 Å². The summed E-state index contributed by atoms with van der Waals surface area (Å²) in [5, 5.41) is 15.9. The van der Waals surface area contributed by atoms with Crippen LogP contribution in [-0.4, -0.2) is 50.2 Å². The highest BCUT2D eigenvalue weighted by atomic mass is 32.1. The number of halogens is 3. The number of carbonyl (C=O) groups is 2. The number of aliphatic hydroxyl groups is 1. The normalized spacial score (nSPS) is 23.5. The molecule has 8 nitrogen and oxygen atoms in total. The minimum absolute atomic E-state index is 0.0111. The van der Waals surface area contributed by atoms with Crippen molar-refractivity contribution in [3.8, 4) is 17.2 Å². The minimum atomic E-state index is -5.35. The monoisotopic (exact) mass is 460 g/mol. The van der Waals surface area contributed by atoms with Crippen molar-refractivity contribution in [2.45, 2.75) is 17.9 Å². The summed E-state index contributed by atoms with van der Waals surface area (Å²) < 4.78 is 57.5. The molecular weight excluding hydrogens is 441 g/mol. The molecule has 1 aliphatic heterocycles. The smallest absolute Gasteiger partial charge is 0.437 e. The molecule has 1 aromatic heterocycles. The Morgan fingerprint density at radius 1 is 1.16 bits per heavy atom. The Hall–Kier alpha value is -2.99. The van der Waals surface area contributed by atoms with Gasteiger partial charge in [0.25, 0.3) is 0 Å². The molecule has 3 atom stereocenters. The number of carbonyl (C=O) groups excluding carboxylic acids is 2. The molecule has 2 aromatic rings. The van der Waals surface area contributed by atoms with E-state index in [-0.39, 0.29) is 27.7 Å². The molecule has 0 spiro atoms. The summed E-state index contributed by atoms with van der Waals surface area (Å²) in [7, 11) is 3.96. The molecule has 3 N–H and O–H groups in total. The first kappa shape index (κ1) is 22.7. The van der Waals surface area contributed by atoms with Gasteiger partial charge in [-0.3, -0.25) is 4.79 Å². The van der Waals surface area contributed by atoms with E-state index in [1.807, 2.05) is 0 Å². The van der Waals surface area contributed by atoms with Crippen LogP contribution >= 0.6 is 11.3 Å². The Balaban J connectivity index is 2.23. The van der Waals surface area contributed by atoms with E-state index in [1.54, 1.807) is 0 Å². The Morgan fingerprint density at radius 3 is 2.23 bits per heavy atom. The Labute approximate surface area is 178 Å². The first-order valence-electron chi connectivity index (χ1n) is 8.82. The summed E-state index contributed by atoms with van der Waals surface area (Å²) in [5.41, 5.74) is -3.77. The lowest BCUT2D eigenvalue weighted by atomic mass is 9.78. The fourth-order valence-electron chi connectivity index (χ4n) is 3.47. The number of rotatable bonds is 6. The van der Waals surface area contributed by atoms with E-state index in [2.05, 4.69) is 5.32 Å². The third kappa shape index (κ3) is 3.88. The average Bonchev–Trinajstić information content (AvgIpc) is 3.25. The number of methoxy groups -OCH3 is 3. The van der Waals surface area contributed by atoms with Crippen LogP contribution in [-0.2, 0) is 0 Å². The number of thiophene rings is 1. The van der Waals surface area contributed by atoms with Crippen molar-refractivity contribution in [1.29, 1.82) is 0 Å². The lowest BCUT2D eigenvalue weighted by Gasteiger charge is -2.45. The van der Waals surface area contributed by atoms with Crippen molar-refractivity contribution in [3.63, 3.8) is 0 Å². The SMILES string of the molecule is COc1cc([C@@H]2NC(=O)N[C@](O)(C(F)(F)F)[C@@H]2C(=O)c2cccs2)cc(OC)c1OC. The lowest BCUT2D eigenvalue weighted by Crippen LogP contribution is -2.72. The molecule has 0 radical (unpaired) electrons. The zero-order chi connectivity index (χ0) is 23.0. The fourth-order valence-corrected chi connectivity index (χ4v) is 4.17. The van der Waals surface area contributed by atoms with Crippen LogP contribution in [0.1, 0.15) is 21.3 Å². The molecule has 168 valence electrons. The first-order chi connectivity index (χ1) is 14.6. The van der Waals surface area contributed by atoms with Crippen LogP contribution < -0.4 is 24.8 Å². The standard InChI is InChI=1S/C19H19F3N2O6S/c1-28-10-7-9(8-11(29-2)16(10)30-3)14-13(15(25)12-5-4-6-31-12)18(27,19(20,21)22)24-17(26)23-14/h4-8,13-14,27H,1-3H3,(H2,23,24,26)/t13-,14-,18+/m0/s1. The van der Waals surface area contributed by atoms with Crippen LogP contribution in [0.25, 0.3) is 0 Å². The number of hydrogen-bond donors (Lipinski definition) is 3. The van der Waals surface area contributed by atoms with Crippen molar-refractivity contribution in [2.75, 3.05) is 21.3 Å². The maximum absolute atomic E-state index is 13.9. The molecule has 1 fully saturated rings. The molecule has 0 aliphatic carbocycles. The number of benzene rings is 1. The maximum atomic E-state index is 13.9. The first-order valence-corrected chi connectivity index (χ1v) is 9.70. The number of urea groups is 1. The molecule has 3 rings (SSSR count). The lowest BCUT2D eigenvalue weighted by molar-refractivity contribution is -0.287. The van der Waals surface area contributed by atoms with Gasteiger partial charge in [-0.05, 0) is 29.1 Å². The number of ether oxygens (including phenoxy) is 3. The predicted octanol–water partition coefficient (Wildman–Crippen LogP) is 2.88. The van der Waals surface area contributed by atoms with E-state index in [4.69, 9.17) is 14.2 Å². The molecule has 1 aliphatic rings. The highest BCUT2D eigenvalue weighted by molar-refractivity contribution is 7.12. The summed E-state index contributed by atoms with van der Waals surface area (Å²) in [6.45, 7) is 0. The molecule has 0 unspecified atom stereocenters. The van der Waals surface area contributed by atoms with Crippen molar-refractivity contribution >= 4 is 23.2 Å². The van der Waals surface area contributed by atoms with Gasteiger partial charge in [0.15, 0.2) is 17.3 Å². The topological polar surface area (TPSA) is 106 Å². The Morgan fingerprint density at radius 2 is 1.77 bits per heavy atom. The molecular formula is C19H19F3N2O6S.